The highest BCUT2D eigenvalue weighted by Crippen LogP contribution is 2.42. The number of anilines is 1. The average molecular weight is 407 g/mol. The van der Waals surface area contributed by atoms with Gasteiger partial charge < -0.3 is 9.64 Å². The summed E-state index contributed by atoms with van der Waals surface area (Å²) in [5, 5.41) is -0.621. The van der Waals surface area contributed by atoms with Crippen LogP contribution in [-0.4, -0.2) is 50.3 Å². The average Bonchev–Trinajstić information content (AvgIpc) is 2.72. The molecule has 1 amide bonds. The van der Waals surface area contributed by atoms with E-state index in [1.54, 1.807) is 17.0 Å². The maximum atomic E-state index is 12.7. The third kappa shape index (κ3) is 3.25. The van der Waals surface area contributed by atoms with E-state index >= 15 is 0 Å². The second-order valence-electron chi connectivity index (χ2n) is 6.48. The van der Waals surface area contributed by atoms with Crippen LogP contribution in [0.1, 0.15) is 11.6 Å². The van der Waals surface area contributed by atoms with Crippen molar-refractivity contribution in [3.63, 3.8) is 0 Å². The number of β-lactam (4-membered cyclic amide) rings is 1. The van der Waals surface area contributed by atoms with Crippen molar-refractivity contribution in [2.24, 2.45) is 0 Å². The van der Waals surface area contributed by atoms with Gasteiger partial charge in [0.25, 0.3) is 0 Å². The standard InChI is InChI=1S/C19H19ClN2O4S/c20-17-18(14-4-2-1-3-5-14)22(19(17)23)15-6-8-16(9-7-15)27(24,25)21-10-12-26-13-11-21/h1-9,17-18H,10-13H2. The fourth-order valence-corrected chi connectivity index (χ4v) is 5.20. The summed E-state index contributed by atoms with van der Waals surface area (Å²) in [6.45, 7) is 1.49. The molecule has 2 saturated heterocycles. The van der Waals surface area contributed by atoms with Crippen molar-refractivity contribution in [2.45, 2.75) is 16.3 Å². The Hall–Kier alpha value is -1.93. The summed E-state index contributed by atoms with van der Waals surface area (Å²) in [6.07, 6.45) is 0. The minimum Gasteiger partial charge on any atom is -0.379 e. The van der Waals surface area contributed by atoms with Crippen LogP contribution in [0.5, 0.6) is 0 Å². The van der Waals surface area contributed by atoms with E-state index in [-0.39, 0.29) is 16.8 Å². The molecule has 0 saturated carbocycles. The van der Waals surface area contributed by atoms with Crippen LogP contribution >= 0.6 is 11.6 Å². The number of ether oxygens (including phenoxy) is 1. The number of amides is 1. The van der Waals surface area contributed by atoms with Crippen molar-refractivity contribution in [1.82, 2.24) is 4.31 Å². The van der Waals surface area contributed by atoms with Crippen LogP contribution < -0.4 is 4.90 Å². The zero-order valence-corrected chi connectivity index (χ0v) is 16.1. The second kappa shape index (κ2) is 7.24. The molecule has 2 aliphatic rings. The maximum absolute atomic E-state index is 12.7. The lowest BCUT2D eigenvalue weighted by Crippen LogP contribution is -2.56. The third-order valence-electron chi connectivity index (χ3n) is 4.89. The number of nitrogens with zero attached hydrogens (tertiary/aromatic N) is 2. The van der Waals surface area contributed by atoms with E-state index in [4.69, 9.17) is 16.3 Å². The highest BCUT2D eigenvalue weighted by Gasteiger charge is 2.47. The summed E-state index contributed by atoms with van der Waals surface area (Å²) in [7, 11) is -3.56. The summed E-state index contributed by atoms with van der Waals surface area (Å²) < 4.78 is 32.1. The molecule has 8 heteroatoms. The molecular formula is C19H19ClN2O4S. The molecule has 142 valence electrons. The molecule has 0 radical (unpaired) electrons. The van der Waals surface area contributed by atoms with E-state index in [2.05, 4.69) is 0 Å². The van der Waals surface area contributed by atoms with Gasteiger partial charge in [0, 0.05) is 18.8 Å². The minimum atomic E-state index is -3.56. The first-order valence-corrected chi connectivity index (χ1v) is 10.6. The molecule has 0 spiro atoms. The molecule has 0 aliphatic carbocycles. The van der Waals surface area contributed by atoms with Crippen LogP contribution in [0, 0.1) is 0 Å². The molecule has 2 aromatic carbocycles. The molecule has 2 atom stereocenters. The van der Waals surface area contributed by atoms with Gasteiger partial charge in [0.15, 0.2) is 0 Å². The van der Waals surface area contributed by atoms with E-state index in [1.165, 1.54) is 16.4 Å². The number of carbonyl (C=O) groups is 1. The van der Waals surface area contributed by atoms with Gasteiger partial charge in [0.05, 0.1) is 24.2 Å². The number of morpholine rings is 1. The molecule has 2 heterocycles. The van der Waals surface area contributed by atoms with Crippen molar-refractivity contribution in [3.8, 4) is 0 Å². The number of hydrogen-bond donors (Lipinski definition) is 0. The van der Waals surface area contributed by atoms with Crippen LogP contribution in [0.2, 0.25) is 0 Å². The number of halogens is 1. The molecule has 2 unspecified atom stereocenters. The van der Waals surface area contributed by atoms with E-state index in [1.807, 2.05) is 30.3 Å². The number of benzene rings is 2. The second-order valence-corrected chi connectivity index (χ2v) is 8.88. The maximum Gasteiger partial charge on any atom is 0.248 e. The van der Waals surface area contributed by atoms with Gasteiger partial charge in [0.1, 0.15) is 5.38 Å². The Labute approximate surface area is 163 Å². The van der Waals surface area contributed by atoms with Gasteiger partial charge in [-0.15, -0.1) is 11.6 Å². The largest absolute Gasteiger partial charge is 0.379 e. The van der Waals surface area contributed by atoms with Gasteiger partial charge in [0.2, 0.25) is 15.9 Å². The predicted octanol–water partition coefficient (Wildman–Crippen LogP) is 2.40. The molecule has 2 aromatic rings. The summed E-state index contributed by atoms with van der Waals surface area (Å²) in [5.74, 6) is -0.186. The van der Waals surface area contributed by atoms with Gasteiger partial charge in [-0.25, -0.2) is 8.42 Å². The summed E-state index contributed by atoms with van der Waals surface area (Å²) >= 11 is 6.24. The molecule has 2 aliphatic heterocycles. The molecule has 2 fully saturated rings. The lowest BCUT2D eigenvalue weighted by atomic mass is 9.92. The fourth-order valence-electron chi connectivity index (χ4n) is 3.42. The molecule has 0 N–H and O–H groups in total. The van der Waals surface area contributed by atoms with E-state index in [9.17, 15) is 13.2 Å². The van der Waals surface area contributed by atoms with Crippen LogP contribution in [-0.2, 0) is 19.6 Å². The molecule has 6 nitrogen and oxygen atoms in total. The van der Waals surface area contributed by atoms with Crippen LogP contribution in [0.25, 0.3) is 0 Å². The van der Waals surface area contributed by atoms with Gasteiger partial charge in [-0.05, 0) is 29.8 Å². The number of rotatable bonds is 4. The van der Waals surface area contributed by atoms with Crippen LogP contribution in [0.15, 0.2) is 59.5 Å². The highest BCUT2D eigenvalue weighted by atomic mass is 35.5. The first-order valence-electron chi connectivity index (χ1n) is 8.70. The van der Waals surface area contributed by atoms with Crippen LogP contribution in [0.3, 0.4) is 0 Å². The van der Waals surface area contributed by atoms with Crippen LogP contribution in [0.4, 0.5) is 5.69 Å². The predicted molar refractivity (Wildman–Crippen MR) is 102 cm³/mol. The van der Waals surface area contributed by atoms with Gasteiger partial charge in [-0.3, -0.25) is 4.79 Å². The SMILES string of the molecule is O=C1C(Cl)C(c2ccccc2)N1c1ccc(S(=O)(=O)N2CCOCC2)cc1. The zero-order valence-electron chi connectivity index (χ0n) is 14.5. The monoisotopic (exact) mass is 406 g/mol. The minimum absolute atomic E-state index is 0.186. The van der Waals surface area contributed by atoms with Crippen molar-refractivity contribution in [1.29, 1.82) is 0 Å². The molecule has 0 aromatic heterocycles. The first kappa shape index (κ1) is 18.4. The van der Waals surface area contributed by atoms with E-state index < -0.39 is 15.4 Å². The van der Waals surface area contributed by atoms with E-state index in [0.717, 1.165) is 5.56 Å². The van der Waals surface area contributed by atoms with Gasteiger partial charge >= 0.3 is 0 Å². The molecular weight excluding hydrogens is 388 g/mol. The number of sulfonamides is 1. The Morgan fingerprint density at radius 1 is 0.963 bits per heavy atom. The van der Waals surface area contributed by atoms with Crippen molar-refractivity contribution < 1.29 is 17.9 Å². The Kier molecular flexibility index (Phi) is 4.94. The smallest absolute Gasteiger partial charge is 0.248 e. The van der Waals surface area contributed by atoms with Crippen molar-refractivity contribution >= 4 is 33.2 Å². The quantitative estimate of drug-likeness (QED) is 0.577. The topological polar surface area (TPSA) is 66.9 Å². The van der Waals surface area contributed by atoms with Gasteiger partial charge in [-0.2, -0.15) is 4.31 Å². The zero-order chi connectivity index (χ0) is 19.0. The van der Waals surface area contributed by atoms with Crippen molar-refractivity contribution in [2.75, 3.05) is 31.2 Å². The Bertz CT molecular complexity index is 928. The normalized spacial score (nSPS) is 23.9. The third-order valence-corrected chi connectivity index (χ3v) is 7.23. The number of carbonyl (C=O) groups excluding carboxylic acids is 1. The number of alkyl halides is 1. The summed E-state index contributed by atoms with van der Waals surface area (Å²) in [6, 6.07) is 15.7. The molecule has 4 rings (SSSR count). The Morgan fingerprint density at radius 2 is 1.59 bits per heavy atom. The van der Waals surface area contributed by atoms with Gasteiger partial charge in [-0.1, -0.05) is 30.3 Å². The summed E-state index contributed by atoms with van der Waals surface area (Å²) in [4.78, 5) is 14.1. The molecule has 27 heavy (non-hydrogen) atoms. The Morgan fingerprint density at radius 3 is 2.22 bits per heavy atom. The lowest BCUT2D eigenvalue weighted by Gasteiger charge is -2.44. The summed E-state index contributed by atoms with van der Waals surface area (Å²) in [5.41, 5.74) is 1.58. The van der Waals surface area contributed by atoms with Crippen molar-refractivity contribution in [3.05, 3.63) is 60.2 Å². The number of hydrogen-bond acceptors (Lipinski definition) is 4. The molecule has 0 bridgehead atoms. The fraction of sp³-hybridized carbons (Fsp3) is 0.316. The lowest BCUT2D eigenvalue weighted by molar-refractivity contribution is -0.123. The first-order chi connectivity index (χ1) is 13.0. The van der Waals surface area contributed by atoms with E-state index in [0.29, 0.717) is 32.0 Å². The highest BCUT2D eigenvalue weighted by molar-refractivity contribution is 7.89. The Balaban J connectivity index is 1.59.